The fraction of sp³-hybridized carbons (Fsp3) is 0.0909. The average Bonchev–Trinajstić information content (AvgIpc) is 2.95. The lowest BCUT2D eigenvalue weighted by Gasteiger charge is -2.27. The minimum Gasteiger partial charge on any atom is -1.00 e. The van der Waals surface area contributed by atoms with Gasteiger partial charge in [-0.15, -0.1) is 0 Å². The Morgan fingerprint density at radius 2 is 0.763 bits per heavy atom. The predicted molar refractivity (Wildman–Crippen MR) is 158 cm³/mol. The van der Waals surface area contributed by atoms with Crippen molar-refractivity contribution in [1.82, 2.24) is 0 Å². The van der Waals surface area contributed by atoms with Crippen molar-refractivity contribution >= 4 is 23.2 Å². The van der Waals surface area contributed by atoms with Crippen molar-refractivity contribution in [3.05, 3.63) is 151 Å². The van der Waals surface area contributed by atoms with Crippen LogP contribution in [0.5, 0.6) is 11.5 Å². The first-order chi connectivity index (χ1) is 17.6. The van der Waals surface area contributed by atoms with Crippen molar-refractivity contribution in [2.75, 3.05) is 0 Å². The van der Waals surface area contributed by atoms with E-state index in [1.165, 1.54) is 21.5 Å². The van der Waals surface area contributed by atoms with Crippen molar-refractivity contribution < 1.29 is 32.3 Å². The van der Waals surface area contributed by atoms with Gasteiger partial charge in [0.05, 0.1) is 12.8 Å². The van der Waals surface area contributed by atoms with E-state index >= 15 is 0 Å². The van der Waals surface area contributed by atoms with E-state index in [2.05, 4.69) is 91.0 Å². The Morgan fingerprint density at radius 3 is 1.08 bits per heavy atom. The van der Waals surface area contributed by atoms with Crippen LogP contribution < -0.4 is 32.9 Å². The molecule has 0 amide bonds. The average molecular weight is 590 g/mol. The molecule has 38 heavy (non-hydrogen) atoms. The third kappa shape index (κ3) is 7.55. The van der Waals surface area contributed by atoms with Gasteiger partial charge in [-0.25, -0.2) is 0 Å². The zero-order valence-corrected chi connectivity index (χ0v) is 22.8. The second-order valence-electron chi connectivity index (χ2n) is 8.47. The zero-order chi connectivity index (χ0) is 25.2. The number of phenols is 2. The Morgan fingerprint density at radius 1 is 0.447 bits per heavy atom. The first-order valence-electron chi connectivity index (χ1n) is 11.8. The molecule has 0 atom stereocenters. The first-order valence-corrected chi connectivity index (χ1v) is 13.8. The SMILES string of the molecule is C.OCc1ccc(O)cc1.Oc1ccc(C[P+](c2ccccc2)(c2ccccc2)c2ccccc2)cc1.[Br-]. The summed E-state index contributed by atoms with van der Waals surface area (Å²) in [5.41, 5.74) is 2.05. The van der Waals surface area contributed by atoms with Crippen molar-refractivity contribution in [3.8, 4) is 11.5 Å². The monoisotopic (exact) mass is 588 g/mol. The maximum absolute atomic E-state index is 9.72. The maximum atomic E-state index is 9.72. The van der Waals surface area contributed by atoms with Crippen molar-refractivity contribution in [3.63, 3.8) is 0 Å². The zero-order valence-electron chi connectivity index (χ0n) is 20.4. The summed E-state index contributed by atoms with van der Waals surface area (Å²) in [5.74, 6) is 0.536. The van der Waals surface area contributed by atoms with Gasteiger partial charge in [0.2, 0.25) is 0 Å². The number of phenolic OH excluding ortho intramolecular Hbond substituents is 2. The molecule has 0 aromatic heterocycles. The van der Waals surface area contributed by atoms with Gasteiger partial charge in [0, 0.05) is 0 Å². The van der Waals surface area contributed by atoms with Gasteiger partial charge in [0.1, 0.15) is 34.7 Å². The highest BCUT2D eigenvalue weighted by Gasteiger charge is 2.45. The van der Waals surface area contributed by atoms with Crippen molar-refractivity contribution in [2.24, 2.45) is 0 Å². The van der Waals surface area contributed by atoms with Crippen LogP contribution in [-0.4, -0.2) is 15.3 Å². The van der Waals surface area contributed by atoms with Crippen LogP contribution >= 0.6 is 7.26 Å². The van der Waals surface area contributed by atoms with Crippen molar-refractivity contribution in [2.45, 2.75) is 20.2 Å². The van der Waals surface area contributed by atoms with Gasteiger partial charge in [-0.1, -0.05) is 86.3 Å². The van der Waals surface area contributed by atoms with Crippen LogP contribution in [0.25, 0.3) is 0 Å². The Balaban J connectivity index is 0.000000395. The summed E-state index contributed by atoms with van der Waals surface area (Å²) >= 11 is 0. The van der Waals surface area contributed by atoms with E-state index < -0.39 is 7.26 Å². The van der Waals surface area contributed by atoms with Gasteiger partial charge < -0.3 is 32.3 Å². The molecule has 0 heterocycles. The molecule has 0 aliphatic heterocycles. The van der Waals surface area contributed by atoms with E-state index in [1.54, 1.807) is 36.4 Å². The molecule has 0 saturated carbocycles. The largest absolute Gasteiger partial charge is 1.00 e. The quantitative estimate of drug-likeness (QED) is 0.266. The molecule has 3 N–H and O–H groups in total. The van der Waals surface area contributed by atoms with Gasteiger partial charge in [-0.3, -0.25) is 0 Å². The fourth-order valence-corrected chi connectivity index (χ4v) is 8.49. The van der Waals surface area contributed by atoms with Gasteiger partial charge >= 0.3 is 0 Å². The van der Waals surface area contributed by atoms with Crippen LogP contribution in [0.2, 0.25) is 0 Å². The maximum Gasteiger partial charge on any atom is 0.116 e. The van der Waals surface area contributed by atoms with Crippen molar-refractivity contribution in [1.29, 1.82) is 0 Å². The smallest absolute Gasteiger partial charge is 0.116 e. The van der Waals surface area contributed by atoms with Crippen LogP contribution in [0.1, 0.15) is 18.6 Å². The molecular weight excluding hydrogens is 555 g/mol. The second-order valence-corrected chi connectivity index (χ2v) is 12.0. The molecule has 5 aromatic carbocycles. The van der Waals surface area contributed by atoms with E-state index in [9.17, 15) is 5.11 Å². The molecule has 0 radical (unpaired) electrons. The molecule has 0 unspecified atom stereocenters. The van der Waals surface area contributed by atoms with Crippen LogP contribution in [0.15, 0.2) is 140 Å². The lowest BCUT2D eigenvalue weighted by molar-refractivity contribution is -0.0000105. The standard InChI is InChI=1S/C25H21OP.C7H8O2.CH4.BrH/c26-22-18-16-21(17-19-22)20-27(23-10-4-1-5-11-23,24-12-6-2-7-13-24)25-14-8-3-9-15-25;8-5-6-1-3-7(9)4-2-6;;/h1-19H,20H2;1-4,8-9H,5H2;1H4;1H. The minimum absolute atomic E-state index is 0. The van der Waals surface area contributed by atoms with Crippen LogP contribution in [-0.2, 0) is 12.8 Å². The molecule has 0 spiro atoms. The summed E-state index contributed by atoms with van der Waals surface area (Å²) in [6, 6.07) is 46.7. The number of rotatable bonds is 6. The van der Waals surface area contributed by atoms with E-state index in [0.717, 1.165) is 11.7 Å². The number of halogens is 1. The molecule has 0 aliphatic rings. The summed E-state index contributed by atoms with van der Waals surface area (Å²) in [4.78, 5) is 0. The van der Waals surface area contributed by atoms with E-state index in [4.69, 9.17) is 10.2 Å². The molecule has 0 fully saturated rings. The molecule has 5 rings (SSSR count). The van der Waals surface area contributed by atoms with Crippen LogP contribution in [0, 0.1) is 0 Å². The molecule has 5 aromatic rings. The minimum atomic E-state index is -1.87. The molecular formula is C33H34BrO3P. The Hall–Kier alpha value is -3.43. The molecule has 196 valence electrons. The molecule has 0 aliphatic carbocycles. The number of benzene rings is 5. The lowest BCUT2D eigenvalue weighted by atomic mass is 10.2. The Labute approximate surface area is 237 Å². The fourth-order valence-electron chi connectivity index (χ4n) is 4.25. The predicted octanol–water partition coefficient (Wildman–Crippen LogP) is 3.41. The van der Waals surface area contributed by atoms with Crippen LogP contribution in [0.4, 0.5) is 0 Å². The van der Waals surface area contributed by atoms with E-state index in [0.29, 0.717) is 5.75 Å². The summed E-state index contributed by atoms with van der Waals surface area (Å²) in [7, 11) is -1.87. The lowest BCUT2D eigenvalue weighted by Crippen LogP contribution is -3.00. The van der Waals surface area contributed by atoms with Gasteiger partial charge in [0.25, 0.3) is 0 Å². The number of aromatic hydroxyl groups is 2. The summed E-state index contributed by atoms with van der Waals surface area (Å²) in [6.07, 6.45) is 0.922. The molecule has 0 saturated heterocycles. The molecule has 3 nitrogen and oxygen atoms in total. The Kier molecular flexibility index (Phi) is 12.2. The number of hydrogen-bond acceptors (Lipinski definition) is 3. The van der Waals surface area contributed by atoms with Gasteiger partial charge in [0.15, 0.2) is 0 Å². The Bertz CT molecular complexity index is 1230. The highest BCUT2D eigenvalue weighted by molar-refractivity contribution is 7.95. The summed E-state index contributed by atoms with van der Waals surface area (Å²) < 4.78 is 0. The topological polar surface area (TPSA) is 60.7 Å². The second kappa shape index (κ2) is 15.1. The molecule has 0 bridgehead atoms. The van der Waals surface area contributed by atoms with E-state index in [-0.39, 0.29) is 36.8 Å². The number of hydrogen-bond donors (Lipinski definition) is 3. The molecule has 5 heteroatoms. The third-order valence-corrected chi connectivity index (χ3v) is 10.4. The normalized spacial score (nSPS) is 10.2. The number of aliphatic hydroxyl groups excluding tert-OH is 1. The van der Waals surface area contributed by atoms with E-state index in [1.807, 2.05) is 12.1 Å². The summed E-state index contributed by atoms with van der Waals surface area (Å²) in [6.45, 7) is 0.0281. The summed E-state index contributed by atoms with van der Waals surface area (Å²) in [5, 5.41) is 31.1. The van der Waals surface area contributed by atoms with Gasteiger partial charge in [-0.2, -0.15) is 0 Å². The third-order valence-electron chi connectivity index (χ3n) is 6.07. The highest BCUT2D eigenvalue weighted by atomic mass is 79.9. The van der Waals surface area contributed by atoms with Crippen LogP contribution in [0.3, 0.4) is 0 Å². The van der Waals surface area contributed by atoms with Gasteiger partial charge in [-0.05, 0) is 71.8 Å². The first kappa shape index (κ1) is 30.8. The number of aliphatic hydroxyl groups is 1. The highest BCUT2D eigenvalue weighted by Crippen LogP contribution is 2.58.